The molecule has 0 aliphatic heterocycles. The maximum absolute atomic E-state index is 12.4. The van der Waals surface area contributed by atoms with Crippen molar-refractivity contribution in [1.29, 1.82) is 0 Å². The molecule has 0 radical (unpaired) electrons. The molecule has 2 amide bonds. The van der Waals surface area contributed by atoms with Crippen LogP contribution in [0.25, 0.3) is 0 Å². The molecule has 4 heteroatoms. The van der Waals surface area contributed by atoms with Crippen molar-refractivity contribution >= 4 is 11.8 Å². The highest BCUT2D eigenvalue weighted by atomic mass is 16.2. The first-order chi connectivity index (χ1) is 10.1. The summed E-state index contributed by atoms with van der Waals surface area (Å²) in [4.78, 5) is 23.8. The molecule has 0 heterocycles. The Hall–Kier alpha value is -1.84. The third-order valence-electron chi connectivity index (χ3n) is 3.93. The molecule has 0 spiro atoms. The smallest absolute Gasteiger partial charge is 0.243 e. The van der Waals surface area contributed by atoms with Gasteiger partial charge in [0.05, 0.1) is 0 Å². The molecule has 1 fully saturated rings. The second-order valence-corrected chi connectivity index (χ2v) is 5.79. The van der Waals surface area contributed by atoms with Crippen molar-refractivity contribution in [3.8, 4) is 0 Å². The van der Waals surface area contributed by atoms with E-state index >= 15 is 0 Å². The van der Waals surface area contributed by atoms with E-state index in [1.54, 1.807) is 0 Å². The van der Waals surface area contributed by atoms with Gasteiger partial charge in [0.2, 0.25) is 11.8 Å². The zero-order valence-electron chi connectivity index (χ0n) is 12.6. The van der Waals surface area contributed by atoms with Gasteiger partial charge in [-0.05, 0) is 18.4 Å². The lowest BCUT2D eigenvalue weighted by Gasteiger charge is -2.26. The van der Waals surface area contributed by atoms with Crippen LogP contribution in [0.2, 0.25) is 0 Å². The average molecular weight is 288 g/mol. The average Bonchev–Trinajstić information content (AvgIpc) is 2.48. The Kier molecular flexibility index (Phi) is 5.78. The molecule has 1 atom stereocenters. The molecule has 4 nitrogen and oxygen atoms in total. The number of carbonyl (C=O) groups excluding carboxylic acids is 2. The van der Waals surface area contributed by atoms with Gasteiger partial charge in [-0.3, -0.25) is 9.59 Å². The van der Waals surface area contributed by atoms with E-state index in [4.69, 9.17) is 0 Å². The fraction of sp³-hybridized carbons (Fsp3) is 0.529. The second kappa shape index (κ2) is 7.81. The molecule has 1 aliphatic rings. The molecular formula is C17H24N2O2. The minimum atomic E-state index is -0.494. The van der Waals surface area contributed by atoms with Gasteiger partial charge in [0, 0.05) is 19.4 Å². The van der Waals surface area contributed by atoms with Crippen LogP contribution in [0.1, 0.15) is 44.6 Å². The van der Waals surface area contributed by atoms with Crippen LogP contribution in [0.4, 0.5) is 0 Å². The molecule has 0 bridgehead atoms. The third-order valence-corrected chi connectivity index (χ3v) is 3.93. The topological polar surface area (TPSA) is 58.2 Å². The molecule has 1 aliphatic carbocycles. The van der Waals surface area contributed by atoms with E-state index in [9.17, 15) is 9.59 Å². The van der Waals surface area contributed by atoms with Crippen LogP contribution in [0.3, 0.4) is 0 Å². The molecule has 21 heavy (non-hydrogen) atoms. The largest absolute Gasteiger partial charge is 0.352 e. The molecule has 1 aromatic rings. The van der Waals surface area contributed by atoms with Gasteiger partial charge in [-0.25, -0.2) is 0 Å². The second-order valence-electron chi connectivity index (χ2n) is 5.79. The van der Waals surface area contributed by atoms with Gasteiger partial charge in [0.25, 0.3) is 0 Å². The SMILES string of the molecule is CC(=O)N[C@H](Cc1ccccc1)C(=O)NC1CCCCC1. The molecule has 2 rings (SSSR count). The van der Waals surface area contributed by atoms with Crippen molar-refractivity contribution < 1.29 is 9.59 Å². The van der Waals surface area contributed by atoms with Gasteiger partial charge in [-0.1, -0.05) is 49.6 Å². The summed E-state index contributed by atoms with van der Waals surface area (Å²) in [6.45, 7) is 1.45. The maximum atomic E-state index is 12.4. The highest BCUT2D eigenvalue weighted by Crippen LogP contribution is 2.17. The molecule has 0 unspecified atom stereocenters. The van der Waals surface area contributed by atoms with Crippen molar-refractivity contribution in [3.63, 3.8) is 0 Å². The quantitative estimate of drug-likeness (QED) is 0.872. The van der Waals surface area contributed by atoms with E-state index in [-0.39, 0.29) is 17.9 Å². The van der Waals surface area contributed by atoms with Crippen LogP contribution in [-0.2, 0) is 16.0 Å². The van der Waals surface area contributed by atoms with Crippen molar-refractivity contribution in [2.45, 2.75) is 57.5 Å². The monoisotopic (exact) mass is 288 g/mol. The number of benzene rings is 1. The van der Waals surface area contributed by atoms with Crippen molar-refractivity contribution in [2.75, 3.05) is 0 Å². The predicted octanol–water partition coefficient (Wildman–Crippen LogP) is 2.18. The summed E-state index contributed by atoms with van der Waals surface area (Å²) in [5.41, 5.74) is 1.05. The van der Waals surface area contributed by atoms with Crippen LogP contribution < -0.4 is 10.6 Å². The van der Waals surface area contributed by atoms with Gasteiger partial charge >= 0.3 is 0 Å². The van der Waals surface area contributed by atoms with Crippen molar-refractivity contribution in [2.24, 2.45) is 0 Å². The Morgan fingerprint density at radius 2 is 1.81 bits per heavy atom. The Bertz CT molecular complexity index is 467. The standard InChI is InChI=1S/C17H24N2O2/c1-13(20)18-16(12-14-8-4-2-5-9-14)17(21)19-15-10-6-3-7-11-15/h2,4-5,8-9,15-16H,3,6-7,10-12H2,1H3,(H,18,20)(H,19,21)/t16-/m1/s1. The first-order valence-electron chi connectivity index (χ1n) is 7.76. The van der Waals surface area contributed by atoms with Gasteiger partial charge in [0.15, 0.2) is 0 Å². The van der Waals surface area contributed by atoms with Crippen LogP contribution in [0.5, 0.6) is 0 Å². The number of rotatable bonds is 5. The normalized spacial score (nSPS) is 17.0. The van der Waals surface area contributed by atoms with Crippen LogP contribution in [-0.4, -0.2) is 23.9 Å². The number of hydrogen-bond acceptors (Lipinski definition) is 2. The fourth-order valence-electron chi connectivity index (χ4n) is 2.85. The van der Waals surface area contributed by atoms with Crippen molar-refractivity contribution in [3.05, 3.63) is 35.9 Å². The van der Waals surface area contributed by atoms with Gasteiger partial charge < -0.3 is 10.6 Å². The Morgan fingerprint density at radius 1 is 1.14 bits per heavy atom. The zero-order chi connectivity index (χ0) is 15.1. The van der Waals surface area contributed by atoms with E-state index in [1.807, 2.05) is 30.3 Å². The molecular weight excluding hydrogens is 264 g/mol. The number of amides is 2. The van der Waals surface area contributed by atoms with E-state index in [2.05, 4.69) is 10.6 Å². The van der Waals surface area contributed by atoms with Gasteiger partial charge in [-0.15, -0.1) is 0 Å². The Balaban J connectivity index is 1.97. The lowest BCUT2D eigenvalue weighted by Crippen LogP contribution is -2.50. The summed E-state index contributed by atoms with van der Waals surface area (Å²) < 4.78 is 0. The van der Waals surface area contributed by atoms with Crippen LogP contribution in [0, 0.1) is 0 Å². The molecule has 1 aromatic carbocycles. The third kappa shape index (κ3) is 5.21. The fourth-order valence-corrected chi connectivity index (χ4v) is 2.85. The first-order valence-corrected chi connectivity index (χ1v) is 7.76. The first kappa shape index (κ1) is 15.5. The number of nitrogens with one attached hydrogen (secondary N) is 2. The summed E-state index contributed by atoms with van der Waals surface area (Å²) in [6, 6.07) is 9.55. The zero-order valence-corrected chi connectivity index (χ0v) is 12.6. The summed E-state index contributed by atoms with van der Waals surface area (Å²) in [5, 5.41) is 5.86. The Morgan fingerprint density at radius 3 is 2.43 bits per heavy atom. The highest BCUT2D eigenvalue weighted by molar-refractivity contribution is 5.87. The highest BCUT2D eigenvalue weighted by Gasteiger charge is 2.23. The van der Waals surface area contributed by atoms with Crippen LogP contribution in [0.15, 0.2) is 30.3 Å². The molecule has 0 saturated heterocycles. The van der Waals surface area contributed by atoms with E-state index in [0.717, 1.165) is 18.4 Å². The summed E-state index contributed by atoms with van der Waals surface area (Å²) in [6.07, 6.45) is 6.22. The molecule has 0 aromatic heterocycles. The number of hydrogen-bond donors (Lipinski definition) is 2. The number of carbonyl (C=O) groups is 2. The van der Waals surface area contributed by atoms with Crippen molar-refractivity contribution in [1.82, 2.24) is 10.6 Å². The summed E-state index contributed by atoms with van der Waals surface area (Å²) in [5.74, 6) is -0.240. The molecule has 2 N–H and O–H groups in total. The van der Waals surface area contributed by atoms with E-state index in [0.29, 0.717) is 6.42 Å². The van der Waals surface area contributed by atoms with Crippen LogP contribution >= 0.6 is 0 Å². The Labute approximate surface area is 126 Å². The summed E-state index contributed by atoms with van der Waals surface area (Å²) >= 11 is 0. The molecule has 114 valence electrons. The van der Waals surface area contributed by atoms with E-state index < -0.39 is 6.04 Å². The lowest BCUT2D eigenvalue weighted by molar-refractivity contribution is -0.128. The minimum Gasteiger partial charge on any atom is -0.352 e. The molecule has 1 saturated carbocycles. The predicted molar refractivity (Wildman–Crippen MR) is 82.8 cm³/mol. The summed E-state index contributed by atoms with van der Waals surface area (Å²) in [7, 11) is 0. The lowest BCUT2D eigenvalue weighted by atomic mass is 9.95. The minimum absolute atomic E-state index is 0.0686. The van der Waals surface area contributed by atoms with Gasteiger partial charge in [0.1, 0.15) is 6.04 Å². The van der Waals surface area contributed by atoms with Gasteiger partial charge in [-0.2, -0.15) is 0 Å². The maximum Gasteiger partial charge on any atom is 0.243 e. The van der Waals surface area contributed by atoms with E-state index in [1.165, 1.54) is 26.2 Å².